The molecule has 0 amide bonds. The van der Waals surface area contributed by atoms with Gasteiger partial charge in [0.2, 0.25) is 6.08 Å². The summed E-state index contributed by atoms with van der Waals surface area (Å²) in [5.74, 6) is 3.05. The number of nitrogens with two attached hydrogens (primary N) is 4. The highest BCUT2D eigenvalue weighted by molar-refractivity contribution is 7.80. The van der Waals surface area contributed by atoms with Crippen LogP contribution in [-0.2, 0) is 164 Å². The predicted molar refractivity (Wildman–Crippen MR) is 615 cm³/mol. The van der Waals surface area contributed by atoms with Gasteiger partial charge >= 0.3 is 88.0 Å². The fraction of sp³-hybridized carbons (Fsp3) is 0.839. The minimum atomic E-state index is -2.54. The Labute approximate surface area is 922 Å². The summed E-state index contributed by atoms with van der Waals surface area (Å²) in [6, 6.07) is 26.4. The number of benzene rings is 2. The zero-order valence-corrected chi connectivity index (χ0v) is 109. The largest absolute Gasteiger partial charge is 0.504 e. The summed E-state index contributed by atoms with van der Waals surface area (Å²) >= 11 is 8.30. The van der Waals surface area contributed by atoms with Gasteiger partial charge in [0, 0.05) is 316 Å². The highest BCUT2D eigenvalue weighted by atomic mass is 32.1. The van der Waals surface area contributed by atoms with Crippen LogP contribution in [0.1, 0.15) is 145 Å². The molecular weight excluding hydrogens is 2150 g/mol. The molecule has 0 bridgehead atoms. The summed E-state index contributed by atoms with van der Waals surface area (Å²) in [6.07, 6.45) is 13.7. The molecule has 0 aromatic heterocycles. The smallest absolute Gasteiger partial charge is 0.385 e. The third kappa shape index (κ3) is 73.0. The summed E-state index contributed by atoms with van der Waals surface area (Å²) in [4.78, 5) is 13.4. The minimum absolute atomic E-state index is 0. The van der Waals surface area contributed by atoms with E-state index in [2.05, 4.69) is 87.7 Å². The van der Waals surface area contributed by atoms with Crippen LogP contribution in [0, 0.1) is 5.92 Å². The number of hydrogen-bond donors (Lipinski definition) is 11. The van der Waals surface area contributed by atoms with Crippen LogP contribution in [0.4, 0.5) is 5.69 Å². The number of isocyanates is 1. The maximum absolute atomic E-state index is 9.93. The van der Waals surface area contributed by atoms with E-state index in [1.165, 1.54) is 24.5 Å². The molecule has 4 unspecified atom stereocenters. The van der Waals surface area contributed by atoms with Gasteiger partial charge in [0.25, 0.3) is 0 Å². The number of epoxide rings is 2. The molecule has 3 aliphatic rings. The number of thiol groups is 2. The number of rotatable bonds is 82. The summed E-state index contributed by atoms with van der Waals surface area (Å²) in [7, 11) is 10.2. The second-order valence-corrected chi connectivity index (χ2v) is 62.6. The highest BCUT2D eigenvalue weighted by Crippen LogP contribution is 2.43. The van der Waals surface area contributed by atoms with Gasteiger partial charge in [0.05, 0.1) is 44.5 Å². The third-order valence-electron chi connectivity index (χ3n) is 22.7. The quantitative estimate of drug-likeness (QED) is 0.00557. The van der Waals surface area contributed by atoms with Gasteiger partial charge in [-0.3, -0.25) is 0 Å². The Bertz CT molecular complexity index is 3180. The van der Waals surface area contributed by atoms with Crippen LogP contribution in [0.3, 0.4) is 0 Å². The van der Waals surface area contributed by atoms with E-state index in [4.69, 9.17) is 170 Å². The lowest BCUT2D eigenvalue weighted by Gasteiger charge is -2.29. The van der Waals surface area contributed by atoms with E-state index in [0.717, 1.165) is 168 Å². The zero-order chi connectivity index (χ0) is 113. The molecule has 2 aromatic carbocycles. The number of anilines is 1. The fourth-order valence-electron chi connectivity index (χ4n) is 14.5. The van der Waals surface area contributed by atoms with Crippen LogP contribution in [0.15, 0.2) is 72.0 Å². The topological polar surface area (TPSA) is 505 Å². The van der Waals surface area contributed by atoms with Crippen molar-refractivity contribution in [3.8, 4) is 0 Å². The fourth-order valence-corrected chi connectivity index (χ4v) is 35.6. The summed E-state index contributed by atoms with van der Waals surface area (Å²) < 4.78 is 179. The van der Waals surface area contributed by atoms with E-state index in [1.807, 2.05) is 92.6 Å². The van der Waals surface area contributed by atoms with Gasteiger partial charge in [-0.1, -0.05) is 49.0 Å². The molecule has 2 saturated heterocycles. The van der Waals surface area contributed by atoms with Crippen molar-refractivity contribution in [2.45, 2.75) is 218 Å². The van der Waals surface area contributed by atoms with Crippen molar-refractivity contribution in [1.29, 1.82) is 0 Å². The average Bonchev–Trinajstić information content (AvgIpc) is 1.65. The molecule has 13 N–H and O–H groups in total. The lowest BCUT2D eigenvalue weighted by molar-refractivity contribution is 0.0702. The Kier molecular flexibility index (Phi) is 105. The molecule has 1 saturated carbocycles. The molecule has 2 heterocycles. The monoisotopic (exact) mass is 2360 g/mol. The Balaban J connectivity index is -0.000000385. The van der Waals surface area contributed by atoms with Gasteiger partial charge in [-0.2, -0.15) is 25.3 Å². The van der Waals surface area contributed by atoms with Gasteiger partial charge < -0.3 is 197 Å². The van der Waals surface area contributed by atoms with Gasteiger partial charge in [-0.05, 0) is 187 Å². The first-order valence-electron chi connectivity index (χ1n) is 51.5. The highest BCUT2D eigenvalue weighted by Gasteiger charge is 2.50. The molecule has 2 aromatic rings. The Morgan fingerprint density at radius 3 is 1.07 bits per heavy atom. The van der Waals surface area contributed by atoms with E-state index >= 15 is 0 Å². The van der Waals surface area contributed by atoms with Crippen LogP contribution >= 0.6 is 25.3 Å². The second-order valence-electron chi connectivity index (χ2n) is 32.1. The number of nitrogens with zero attached hydrogens (tertiary/aromatic N) is 1. The molecule has 56 heteroatoms. The van der Waals surface area contributed by atoms with Gasteiger partial charge in [-0.15, -0.1) is 0 Å². The van der Waals surface area contributed by atoms with Crippen LogP contribution < -0.4 is 49.5 Å². The summed E-state index contributed by atoms with van der Waals surface area (Å²) in [6.45, 7) is 34.9. The Hall–Kier alpha value is -1.73. The van der Waals surface area contributed by atoms with E-state index < -0.39 is 88.0 Å². The van der Waals surface area contributed by atoms with Gasteiger partial charge in [0.1, 0.15) is 6.10 Å². The van der Waals surface area contributed by atoms with Gasteiger partial charge in [-0.25, -0.2) is 9.79 Å². The normalized spacial score (nSPS) is 14.9. The Morgan fingerprint density at radius 2 is 0.738 bits per heavy atom. The molecule has 2 aliphatic heterocycles. The van der Waals surface area contributed by atoms with Crippen LogP contribution in [0.5, 0.6) is 0 Å². The zero-order valence-electron chi connectivity index (χ0n) is 96.9. The molecular formula is C93H210N10O34S2Si10. The molecule has 149 heavy (non-hydrogen) atoms. The van der Waals surface area contributed by atoms with Crippen molar-refractivity contribution >= 4 is 125 Å². The number of nitrogens with one attached hydrogen (secondary N) is 5. The number of para-hydroxylation sites is 1. The average molecular weight is 2360 g/mol. The number of fused-ring (bicyclic) bond motifs is 1. The second kappa shape index (κ2) is 100. The van der Waals surface area contributed by atoms with Crippen molar-refractivity contribution in [3.05, 3.63) is 78.1 Å². The van der Waals surface area contributed by atoms with Gasteiger partial charge in [0.15, 0.2) is 0 Å². The third-order valence-corrected chi connectivity index (χ3v) is 52.6. The van der Waals surface area contributed by atoms with Crippen molar-refractivity contribution < 1.29 is 153 Å². The summed E-state index contributed by atoms with van der Waals surface area (Å²) in [5, 5.41) is 15.4. The van der Waals surface area contributed by atoms with E-state index in [9.17, 15) is 4.79 Å². The molecule has 4 atom stereocenters. The lowest BCUT2D eigenvalue weighted by Crippen LogP contribution is -2.46. The van der Waals surface area contributed by atoms with Crippen molar-refractivity contribution in [2.75, 3.05) is 298 Å². The number of ether oxygens (including phenoxy) is 3. The maximum atomic E-state index is 9.93. The summed E-state index contributed by atoms with van der Waals surface area (Å²) in [5.41, 5.74) is 24.9. The predicted octanol–water partition coefficient (Wildman–Crippen LogP) is 11.6. The first kappa shape index (κ1) is 156. The maximum Gasteiger partial charge on any atom is 0.504 e. The van der Waals surface area contributed by atoms with Crippen molar-refractivity contribution in [3.63, 3.8) is 0 Å². The molecule has 888 valence electrons. The molecule has 0 spiro atoms. The number of aliphatic imine (C=N–C) groups is 1. The molecule has 44 nitrogen and oxygen atoms in total. The van der Waals surface area contributed by atoms with Crippen LogP contribution in [0.2, 0.25) is 54.4 Å². The van der Waals surface area contributed by atoms with Crippen molar-refractivity contribution in [1.82, 2.24) is 21.3 Å². The first-order valence-corrected chi connectivity index (χ1v) is 72.1. The molecule has 3 fully saturated rings. The SMILES string of the molecule is C=C(NCN)NCCC[Si](OC)(OC)OC.CCO[Si](CCCN)(OCC)OCC.CCO[Si](CCCN=C=O)(OCC)OCC.CCO[Si](CCCS)(OCC)OCC.CO[Si](CC1CCC2OC2C1)(OC)OC.CO[Si](CCCNCN)(OC)OC.CO[Si](CCCNc1ccccc1)(OC)OC.CO[Si](CCCOCC1CO1)(OC)OC.CO[Si](CCCS)(OC)OC.CO[Si](Cc1ccc(CNCN)cc1)(OC)OC.[HH]. The Morgan fingerprint density at radius 1 is 0.396 bits per heavy atom. The first-order chi connectivity index (χ1) is 71.8. The molecule has 0 radical (unpaired) electrons. The lowest BCUT2D eigenvalue weighted by atomic mass is 9.91. The van der Waals surface area contributed by atoms with E-state index in [0.29, 0.717) is 142 Å². The van der Waals surface area contributed by atoms with E-state index in [1.54, 1.807) is 149 Å². The number of carbonyl (C=O) groups excluding carboxylic acids is 1. The molecule has 1 aliphatic carbocycles. The minimum Gasteiger partial charge on any atom is -0.385 e. The number of hydrogen-bond acceptors (Lipinski definition) is 46. The van der Waals surface area contributed by atoms with E-state index in [-0.39, 0.29) is 1.43 Å². The molecule has 5 rings (SSSR count). The van der Waals surface area contributed by atoms with Crippen molar-refractivity contribution in [2.24, 2.45) is 33.8 Å². The standard InChI is InChI=1S/C12H22N2O3Si.C12H21NO3Si.C10H21NO4Si.C10H20O4Si.C9H23N3O3Si.C9H23NO3Si.C9H20O5Si.C9H22O3SSi.C7H20N2O3Si.C6H16O3SSi.H2/c1-15-18(16-2,17-3)9-12-6-4-11(5-7-12)8-14-10-13;1-14-17(15-2,16-3)11-7-10-13-12-8-5-4-6-9-12;1-4-13-16(14-5-2,15-6-3)9-7-8-11-10-12;1-11-15(12-2,13-3)7-8-4-5-9-10(6-8)14-9;1-9(12-8-10)11-6-5-7-16(13-2,14-3)15-4;1-4-11-14(12-5-2,13-6-3)9-7-8-10;1-10-15(11-2,12-3)6-4-5-13-7-9-8-14-9;1-4-10-14(11-5-2,12-6-3)9-7-8-13;1-10-13(11-2,12-3)6-4-5-9-7-8;1-7-11(8-2,9-3)6-4-5-10;/h4-7,14H,8-10,13H2,1-3H3;4-6,8-9,13H,7,10-11H2,1-3H3;4-9H2,1-3H3;8-10H,4-7H2,1-3H3;11-12H,1,5-8,10H2,2-4H3;4-10H2,1-3H3;9H,4-8H2,1-3H3;13H,4-9H2,1-3H3;9H,4-8H2,1-3H3;10H,4-6H2,1-3H3;1H. The van der Waals surface area contributed by atoms with Crippen LogP contribution in [0.25, 0.3) is 0 Å². The van der Waals surface area contributed by atoms with Crippen LogP contribution in [-0.4, -0.2) is 405 Å².